The third kappa shape index (κ3) is 11.5. The van der Waals surface area contributed by atoms with Gasteiger partial charge in [0.05, 0.1) is 14.4 Å². The summed E-state index contributed by atoms with van der Waals surface area (Å²) in [6, 6.07) is 0. The Balaban J connectivity index is 0. The van der Waals surface area contributed by atoms with E-state index in [4.69, 9.17) is 0 Å². The van der Waals surface area contributed by atoms with Crippen LogP contribution in [0.4, 0.5) is 0 Å². The van der Waals surface area contributed by atoms with Crippen molar-refractivity contribution in [2.75, 3.05) is 6.61 Å². The molecule has 0 atom stereocenters. The first kappa shape index (κ1) is 13.3. The Kier molecular flexibility index (Phi) is 8.59. The van der Waals surface area contributed by atoms with Crippen LogP contribution >= 0.6 is 7.82 Å². The van der Waals surface area contributed by atoms with Crippen LogP contribution in [0.2, 0.25) is 0 Å². The average molecular weight is 217 g/mol. The van der Waals surface area contributed by atoms with Crippen molar-refractivity contribution in [3.63, 3.8) is 0 Å². The van der Waals surface area contributed by atoms with Gasteiger partial charge < -0.3 is 18.9 Å². The molecule has 4 nitrogen and oxygen atoms in total. The van der Waals surface area contributed by atoms with E-state index < -0.39 is 7.82 Å². The average Bonchev–Trinajstić information content (AvgIpc) is 1.63. The topological polar surface area (TPSA) is 72.4 Å². The van der Waals surface area contributed by atoms with Crippen molar-refractivity contribution in [3.8, 4) is 0 Å². The van der Waals surface area contributed by atoms with Gasteiger partial charge in [0, 0.05) is 0 Å². The predicted molar refractivity (Wildman–Crippen MR) is 28.5 cm³/mol. The zero-order valence-electron chi connectivity index (χ0n) is 5.91. The fourth-order valence-electron chi connectivity index (χ4n) is 0.321. The summed E-state index contributed by atoms with van der Waals surface area (Å²) in [7, 11) is -4.70. The number of hydrogen-bond donors (Lipinski definition) is 0. The van der Waals surface area contributed by atoms with Crippen LogP contribution in [0.1, 0.15) is 19.8 Å². The van der Waals surface area contributed by atoms with E-state index in [1.165, 1.54) is 0 Å². The minimum Gasteiger partial charge on any atom is -0.790 e. The molecule has 0 amide bonds. The molecule has 0 aromatic heterocycles. The molecule has 0 unspecified atom stereocenters. The summed E-state index contributed by atoms with van der Waals surface area (Å²) in [5.74, 6) is 0. The Morgan fingerprint density at radius 3 is 2.30 bits per heavy atom. The molecular weight excluding hydrogens is 208 g/mol. The Morgan fingerprint density at radius 1 is 1.50 bits per heavy atom. The fourth-order valence-corrected chi connectivity index (χ4v) is 0.673. The normalized spacial score (nSPS) is 10.7. The number of phosphoric acid groups is 1. The van der Waals surface area contributed by atoms with Crippen molar-refractivity contribution in [2.45, 2.75) is 19.8 Å². The molecule has 0 bridgehead atoms. The number of phosphoric ester groups is 1. The van der Waals surface area contributed by atoms with Gasteiger partial charge in [-0.25, -0.2) is 0 Å². The molecule has 0 aliphatic rings. The minimum atomic E-state index is -4.70. The first-order valence-electron chi connectivity index (χ1n) is 2.73. The van der Waals surface area contributed by atoms with Crippen LogP contribution in [0, 0.1) is 0 Å². The predicted octanol–water partition coefficient (Wildman–Crippen LogP) is -0.371. The van der Waals surface area contributed by atoms with Gasteiger partial charge >= 0.3 is 19.5 Å². The zero-order chi connectivity index (χ0) is 7.33. The molecule has 0 rings (SSSR count). The van der Waals surface area contributed by atoms with Crippen molar-refractivity contribution in [2.24, 2.45) is 0 Å². The van der Waals surface area contributed by atoms with E-state index >= 15 is 0 Å². The van der Waals surface area contributed by atoms with Gasteiger partial charge in [-0.3, -0.25) is 0 Å². The number of unbranched alkanes of at least 4 members (excludes halogenated alkanes) is 1. The van der Waals surface area contributed by atoms with Gasteiger partial charge in [0.25, 0.3) is 0 Å². The Hall–Kier alpha value is 0.733. The summed E-state index contributed by atoms with van der Waals surface area (Å²) in [5.41, 5.74) is 0. The molecule has 0 heterocycles. The summed E-state index contributed by atoms with van der Waals surface area (Å²) in [4.78, 5) is 19.5. The van der Waals surface area contributed by atoms with E-state index in [-0.39, 0.29) is 26.1 Å². The standard InChI is InChI=1S/C4H11O4P.Zn/c1-2-3-4-8-9(5,6)7;/h2-4H2,1H3,(H2,5,6,7);/q;+2/p-2. The van der Waals surface area contributed by atoms with Crippen molar-refractivity contribution in [1.29, 1.82) is 0 Å². The molecule has 0 spiro atoms. The van der Waals surface area contributed by atoms with Crippen LogP contribution in [0.3, 0.4) is 0 Å². The van der Waals surface area contributed by atoms with Gasteiger partial charge in [-0.2, -0.15) is 0 Å². The SMILES string of the molecule is CCCCOP(=O)([O-])[O-].[Zn+2]. The van der Waals surface area contributed by atoms with Gasteiger partial charge in [0.2, 0.25) is 0 Å². The monoisotopic (exact) mass is 216 g/mol. The van der Waals surface area contributed by atoms with Crippen LogP contribution in [0.5, 0.6) is 0 Å². The molecular formula is C4H9O4PZn. The maximum absolute atomic E-state index is 9.76. The minimum absolute atomic E-state index is 0. The van der Waals surface area contributed by atoms with E-state index in [0.717, 1.165) is 6.42 Å². The molecule has 0 radical (unpaired) electrons. The molecule has 0 aromatic rings. The second-order valence-electron chi connectivity index (χ2n) is 1.63. The second kappa shape index (κ2) is 6.44. The van der Waals surface area contributed by atoms with Crippen molar-refractivity contribution >= 4 is 7.82 Å². The number of hydrogen-bond acceptors (Lipinski definition) is 4. The number of rotatable bonds is 4. The van der Waals surface area contributed by atoms with Crippen molar-refractivity contribution < 1.29 is 38.4 Å². The van der Waals surface area contributed by atoms with Gasteiger partial charge in [0.1, 0.15) is 0 Å². The first-order chi connectivity index (χ1) is 4.06. The van der Waals surface area contributed by atoms with Crippen molar-refractivity contribution in [1.82, 2.24) is 0 Å². The smallest absolute Gasteiger partial charge is 0.790 e. The van der Waals surface area contributed by atoms with Gasteiger partial charge in [-0.15, -0.1) is 0 Å². The van der Waals surface area contributed by atoms with Crippen LogP contribution in [-0.4, -0.2) is 6.61 Å². The van der Waals surface area contributed by atoms with E-state index in [9.17, 15) is 14.4 Å². The van der Waals surface area contributed by atoms with Gasteiger partial charge in [-0.1, -0.05) is 13.3 Å². The van der Waals surface area contributed by atoms with E-state index in [1.54, 1.807) is 0 Å². The van der Waals surface area contributed by atoms with Crippen molar-refractivity contribution in [3.05, 3.63) is 0 Å². The third-order valence-corrected chi connectivity index (χ3v) is 1.25. The molecule has 10 heavy (non-hydrogen) atoms. The third-order valence-electron chi connectivity index (χ3n) is 0.747. The van der Waals surface area contributed by atoms with E-state index in [1.807, 2.05) is 6.92 Å². The Morgan fingerprint density at radius 2 is 2.00 bits per heavy atom. The van der Waals surface area contributed by atoms with Crippen LogP contribution in [-0.2, 0) is 28.6 Å². The summed E-state index contributed by atoms with van der Waals surface area (Å²) in [5, 5.41) is 0. The molecule has 0 saturated carbocycles. The zero-order valence-corrected chi connectivity index (χ0v) is 9.77. The molecule has 6 heteroatoms. The first-order valence-corrected chi connectivity index (χ1v) is 4.19. The summed E-state index contributed by atoms with van der Waals surface area (Å²) >= 11 is 0. The van der Waals surface area contributed by atoms with Crippen LogP contribution in [0.25, 0.3) is 0 Å². The van der Waals surface area contributed by atoms with Crippen LogP contribution in [0.15, 0.2) is 0 Å². The fraction of sp³-hybridized carbons (Fsp3) is 1.00. The van der Waals surface area contributed by atoms with Gasteiger partial charge in [0.15, 0.2) is 0 Å². The molecule has 0 fully saturated rings. The maximum atomic E-state index is 9.76. The molecule has 0 aromatic carbocycles. The quantitative estimate of drug-likeness (QED) is 0.366. The Labute approximate surface area is 73.0 Å². The molecule has 0 N–H and O–H groups in total. The maximum Gasteiger partial charge on any atom is 2.00 e. The second-order valence-corrected chi connectivity index (χ2v) is 2.79. The largest absolute Gasteiger partial charge is 2.00 e. The molecule has 0 aliphatic heterocycles. The summed E-state index contributed by atoms with van der Waals surface area (Å²) in [6.07, 6.45) is 1.43. The van der Waals surface area contributed by atoms with Gasteiger partial charge in [-0.05, 0) is 6.42 Å². The molecule has 0 aliphatic carbocycles. The molecule has 56 valence electrons. The van der Waals surface area contributed by atoms with Crippen LogP contribution < -0.4 is 9.79 Å². The molecule has 0 saturated heterocycles. The summed E-state index contributed by atoms with van der Waals surface area (Å²) < 4.78 is 13.7. The van der Waals surface area contributed by atoms with E-state index in [0.29, 0.717) is 6.42 Å². The summed E-state index contributed by atoms with van der Waals surface area (Å²) in [6.45, 7) is 1.89. The van der Waals surface area contributed by atoms with E-state index in [2.05, 4.69) is 4.52 Å². The Bertz CT molecular complexity index is 112.